The van der Waals surface area contributed by atoms with Gasteiger partial charge in [0.2, 0.25) is 5.91 Å². The number of nitrogens with one attached hydrogen (secondary N) is 1. The number of hydrogen-bond acceptors (Lipinski definition) is 4. The Morgan fingerprint density at radius 1 is 1.52 bits per heavy atom. The van der Waals surface area contributed by atoms with Gasteiger partial charge in [-0.05, 0) is 69.1 Å². The molecule has 2 N–H and O–H groups in total. The fourth-order valence-corrected chi connectivity index (χ4v) is 3.54. The minimum atomic E-state index is -0.992. The number of amides is 1. The van der Waals surface area contributed by atoms with Crippen LogP contribution in [-0.4, -0.2) is 41.6 Å². The summed E-state index contributed by atoms with van der Waals surface area (Å²) < 4.78 is 0. The molecule has 1 unspecified atom stereocenters. The van der Waals surface area contributed by atoms with Crippen molar-refractivity contribution in [2.24, 2.45) is 5.92 Å². The molecule has 1 amide bonds. The van der Waals surface area contributed by atoms with Crippen LogP contribution < -0.4 is 5.32 Å². The predicted octanol–water partition coefficient (Wildman–Crippen LogP) is 2.19. The molecule has 4 nitrogen and oxygen atoms in total. The highest BCUT2D eigenvalue weighted by Crippen LogP contribution is 2.23. The van der Waals surface area contributed by atoms with Crippen molar-refractivity contribution >= 4 is 17.2 Å². The Kier molecular flexibility index (Phi) is 5.41. The van der Waals surface area contributed by atoms with Crippen molar-refractivity contribution < 1.29 is 9.90 Å². The largest absolute Gasteiger partial charge is 0.384 e. The summed E-state index contributed by atoms with van der Waals surface area (Å²) in [6.07, 6.45) is 1.81. The van der Waals surface area contributed by atoms with Crippen LogP contribution in [-0.2, 0) is 10.4 Å². The Hall–Kier alpha value is -0.910. The first-order chi connectivity index (χ1) is 9.90. The Labute approximate surface area is 131 Å². The molecule has 1 aliphatic rings. The van der Waals surface area contributed by atoms with Crippen LogP contribution in [0.3, 0.4) is 0 Å². The summed E-state index contributed by atoms with van der Waals surface area (Å²) in [5.41, 5.74) is -0.128. The molecule has 1 saturated heterocycles. The second-order valence-corrected chi connectivity index (χ2v) is 7.19. The smallest absolute Gasteiger partial charge is 0.223 e. The predicted molar refractivity (Wildman–Crippen MR) is 86.3 cm³/mol. The normalized spacial score (nSPS) is 20.4. The van der Waals surface area contributed by atoms with Crippen molar-refractivity contribution in [3.05, 3.63) is 22.4 Å². The number of piperidine rings is 1. The van der Waals surface area contributed by atoms with Crippen LogP contribution >= 0.6 is 11.3 Å². The number of hydrogen-bond donors (Lipinski definition) is 2. The van der Waals surface area contributed by atoms with E-state index in [0.29, 0.717) is 6.04 Å². The van der Waals surface area contributed by atoms with Crippen molar-refractivity contribution in [2.45, 2.75) is 45.3 Å². The molecule has 2 rings (SSSR count). The summed E-state index contributed by atoms with van der Waals surface area (Å²) in [6, 6.07) is 2.45. The third-order valence-electron chi connectivity index (χ3n) is 4.38. The zero-order valence-corrected chi connectivity index (χ0v) is 13.9. The van der Waals surface area contributed by atoms with Crippen molar-refractivity contribution in [1.82, 2.24) is 10.2 Å². The van der Waals surface area contributed by atoms with E-state index in [-0.39, 0.29) is 18.4 Å². The maximum atomic E-state index is 12.3. The highest BCUT2D eigenvalue weighted by Gasteiger charge is 2.29. The molecular formula is C16H26N2O2S. The molecule has 1 aromatic rings. The third kappa shape index (κ3) is 4.28. The quantitative estimate of drug-likeness (QED) is 0.876. The van der Waals surface area contributed by atoms with Crippen LogP contribution in [0.1, 0.15) is 39.2 Å². The monoisotopic (exact) mass is 310 g/mol. The van der Waals surface area contributed by atoms with E-state index in [0.717, 1.165) is 31.5 Å². The minimum Gasteiger partial charge on any atom is -0.384 e. The van der Waals surface area contributed by atoms with Crippen LogP contribution in [0.2, 0.25) is 0 Å². The molecule has 0 saturated carbocycles. The van der Waals surface area contributed by atoms with E-state index in [1.807, 2.05) is 16.8 Å². The van der Waals surface area contributed by atoms with Crippen LogP contribution in [0.4, 0.5) is 0 Å². The number of rotatable bonds is 5. The summed E-state index contributed by atoms with van der Waals surface area (Å²) in [5, 5.41) is 17.2. The van der Waals surface area contributed by atoms with E-state index in [9.17, 15) is 9.90 Å². The van der Waals surface area contributed by atoms with Gasteiger partial charge in [0.05, 0.1) is 6.54 Å². The molecular weight excluding hydrogens is 284 g/mol. The van der Waals surface area contributed by atoms with Crippen LogP contribution in [0.15, 0.2) is 16.8 Å². The Bertz CT molecular complexity index is 449. The lowest BCUT2D eigenvalue weighted by Crippen LogP contribution is -2.45. The van der Waals surface area contributed by atoms with Crippen LogP contribution in [0, 0.1) is 5.92 Å². The number of nitrogens with zero attached hydrogens (tertiary/aromatic N) is 1. The topological polar surface area (TPSA) is 52.6 Å². The fourth-order valence-electron chi connectivity index (χ4n) is 2.75. The maximum absolute atomic E-state index is 12.3. The SMILES string of the molecule is CC(C)N1CCC(C(=O)NCC(C)(O)c2ccsc2)CC1. The van der Waals surface area contributed by atoms with Gasteiger partial charge in [0.25, 0.3) is 0 Å². The van der Waals surface area contributed by atoms with Gasteiger partial charge in [-0.1, -0.05) is 0 Å². The zero-order chi connectivity index (χ0) is 15.5. The van der Waals surface area contributed by atoms with Crippen molar-refractivity contribution in [2.75, 3.05) is 19.6 Å². The lowest BCUT2D eigenvalue weighted by Gasteiger charge is -2.34. The first-order valence-electron chi connectivity index (χ1n) is 7.67. The van der Waals surface area contributed by atoms with E-state index in [1.54, 1.807) is 18.3 Å². The van der Waals surface area contributed by atoms with Crippen molar-refractivity contribution in [3.63, 3.8) is 0 Å². The number of carbonyl (C=O) groups is 1. The second-order valence-electron chi connectivity index (χ2n) is 6.41. The summed E-state index contributed by atoms with van der Waals surface area (Å²) >= 11 is 1.55. The van der Waals surface area contributed by atoms with Crippen LogP contribution in [0.5, 0.6) is 0 Å². The van der Waals surface area contributed by atoms with Gasteiger partial charge in [-0.25, -0.2) is 0 Å². The van der Waals surface area contributed by atoms with Gasteiger partial charge in [0.1, 0.15) is 5.60 Å². The lowest BCUT2D eigenvalue weighted by atomic mass is 9.94. The van der Waals surface area contributed by atoms with Gasteiger partial charge < -0.3 is 15.3 Å². The summed E-state index contributed by atoms with van der Waals surface area (Å²) in [7, 11) is 0. The van der Waals surface area contributed by atoms with E-state index in [2.05, 4.69) is 24.1 Å². The van der Waals surface area contributed by atoms with E-state index in [1.165, 1.54) is 0 Å². The standard InChI is InChI=1S/C16H26N2O2S/c1-12(2)18-7-4-13(5-8-18)15(19)17-11-16(3,20)14-6-9-21-10-14/h6,9-10,12-13,20H,4-5,7-8,11H2,1-3H3,(H,17,19). The van der Waals surface area contributed by atoms with Crippen LogP contribution in [0.25, 0.3) is 0 Å². The highest BCUT2D eigenvalue weighted by molar-refractivity contribution is 7.08. The van der Waals surface area contributed by atoms with E-state index in [4.69, 9.17) is 0 Å². The molecule has 2 heterocycles. The Morgan fingerprint density at radius 3 is 2.71 bits per heavy atom. The Morgan fingerprint density at radius 2 is 2.19 bits per heavy atom. The first kappa shape index (κ1) is 16.5. The maximum Gasteiger partial charge on any atom is 0.223 e. The average Bonchev–Trinajstić information content (AvgIpc) is 3.00. The minimum absolute atomic E-state index is 0.0777. The van der Waals surface area contributed by atoms with E-state index >= 15 is 0 Å². The molecule has 0 bridgehead atoms. The molecule has 1 fully saturated rings. The van der Waals surface area contributed by atoms with E-state index < -0.39 is 5.60 Å². The molecule has 0 radical (unpaired) electrons. The van der Waals surface area contributed by atoms with Gasteiger partial charge in [0, 0.05) is 12.0 Å². The number of likely N-dealkylation sites (tertiary alicyclic amines) is 1. The van der Waals surface area contributed by atoms with Gasteiger partial charge in [-0.2, -0.15) is 11.3 Å². The number of thiophene rings is 1. The molecule has 1 aliphatic heterocycles. The Balaban J connectivity index is 1.80. The zero-order valence-electron chi connectivity index (χ0n) is 13.1. The van der Waals surface area contributed by atoms with Gasteiger partial charge in [-0.3, -0.25) is 4.79 Å². The second kappa shape index (κ2) is 6.90. The number of aliphatic hydroxyl groups is 1. The van der Waals surface area contributed by atoms with Gasteiger partial charge in [0.15, 0.2) is 0 Å². The molecule has 0 spiro atoms. The molecule has 1 atom stereocenters. The average molecular weight is 310 g/mol. The lowest BCUT2D eigenvalue weighted by molar-refractivity contribution is -0.127. The molecule has 5 heteroatoms. The van der Waals surface area contributed by atoms with Crippen molar-refractivity contribution in [1.29, 1.82) is 0 Å². The third-order valence-corrected chi connectivity index (χ3v) is 5.06. The molecule has 0 aliphatic carbocycles. The summed E-state index contributed by atoms with van der Waals surface area (Å²) in [6.45, 7) is 8.37. The molecule has 118 valence electrons. The fraction of sp³-hybridized carbons (Fsp3) is 0.688. The van der Waals surface area contributed by atoms with Gasteiger partial charge >= 0.3 is 0 Å². The van der Waals surface area contributed by atoms with Crippen molar-refractivity contribution in [3.8, 4) is 0 Å². The highest BCUT2D eigenvalue weighted by atomic mass is 32.1. The number of carbonyl (C=O) groups excluding carboxylic acids is 1. The van der Waals surface area contributed by atoms with Gasteiger partial charge in [-0.15, -0.1) is 0 Å². The summed E-state index contributed by atoms with van der Waals surface area (Å²) in [4.78, 5) is 14.7. The molecule has 0 aromatic carbocycles. The first-order valence-corrected chi connectivity index (χ1v) is 8.61. The molecule has 21 heavy (non-hydrogen) atoms. The summed E-state index contributed by atoms with van der Waals surface area (Å²) in [5.74, 6) is 0.159. The molecule has 1 aromatic heterocycles.